The molecule has 0 saturated carbocycles. The average Bonchev–Trinajstić information content (AvgIpc) is 1.78. The second-order valence-corrected chi connectivity index (χ2v) is 13.7. The van der Waals surface area contributed by atoms with Crippen molar-refractivity contribution in [1.82, 2.24) is 0 Å². The molecule has 0 nitrogen and oxygen atoms in total. The maximum atomic E-state index is 5.50. The molecule has 0 aromatic heterocycles. The van der Waals surface area contributed by atoms with Gasteiger partial charge in [-0.15, -0.1) is 0 Å². The van der Waals surface area contributed by atoms with Gasteiger partial charge in [0.1, 0.15) is 0 Å². The zero-order chi connectivity index (χ0) is 8.04. The Morgan fingerprint density at radius 2 is 1.90 bits per heavy atom. The predicted molar refractivity (Wildman–Crippen MR) is 51.1 cm³/mol. The zero-order valence-corrected chi connectivity index (χ0v) is 9.85. The SMILES string of the molecule is [CH3][Ge]([CH3])([CH3])[C]#CCCCCl. The molecule has 10 heavy (non-hydrogen) atoms. The Labute approximate surface area is 71.7 Å². The van der Waals surface area contributed by atoms with Crippen LogP contribution in [-0.4, -0.2) is 19.1 Å². The van der Waals surface area contributed by atoms with Gasteiger partial charge in [-0.25, -0.2) is 0 Å². The maximum absolute atomic E-state index is 5.50. The van der Waals surface area contributed by atoms with Gasteiger partial charge < -0.3 is 0 Å². The summed E-state index contributed by atoms with van der Waals surface area (Å²) in [6.07, 6.45) is 2.01. The first-order valence-corrected chi connectivity index (χ1v) is 11.5. The summed E-state index contributed by atoms with van der Waals surface area (Å²) in [4.78, 5) is 0. The monoisotopic (exact) mass is 220 g/mol. The van der Waals surface area contributed by atoms with Gasteiger partial charge in [0.15, 0.2) is 0 Å². The van der Waals surface area contributed by atoms with Gasteiger partial charge in [-0.3, -0.25) is 0 Å². The summed E-state index contributed by atoms with van der Waals surface area (Å²) in [6.45, 7) is 0. The van der Waals surface area contributed by atoms with Crippen molar-refractivity contribution in [3.63, 3.8) is 0 Å². The summed E-state index contributed by atoms with van der Waals surface area (Å²) in [6, 6.07) is 0. The van der Waals surface area contributed by atoms with E-state index in [2.05, 4.69) is 27.9 Å². The first-order valence-electron chi connectivity index (χ1n) is 3.62. The van der Waals surface area contributed by atoms with Crippen LogP contribution in [0.15, 0.2) is 0 Å². The van der Waals surface area contributed by atoms with Gasteiger partial charge in [-0.2, -0.15) is 0 Å². The number of rotatable bonds is 2. The molecule has 0 aliphatic rings. The number of alkyl halides is 1. The Kier molecular flexibility index (Phi) is 5.30. The van der Waals surface area contributed by atoms with E-state index in [-0.39, 0.29) is 0 Å². The third-order valence-electron chi connectivity index (χ3n) is 0.899. The van der Waals surface area contributed by atoms with E-state index >= 15 is 0 Å². The fourth-order valence-electron chi connectivity index (χ4n) is 0.483. The number of halogens is 1. The van der Waals surface area contributed by atoms with Crippen LogP contribution >= 0.6 is 11.6 Å². The Bertz CT molecular complexity index is 136. The van der Waals surface area contributed by atoms with Crippen LogP contribution in [0.25, 0.3) is 0 Å². The van der Waals surface area contributed by atoms with Crippen LogP contribution in [0.5, 0.6) is 0 Å². The number of hydrogen-bond acceptors (Lipinski definition) is 0. The first kappa shape index (κ1) is 10.4. The number of unbranched alkanes of at least 4 members (excludes halogenated alkanes) is 1. The first-order chi connectivity index (χ1) is 4.56. The molecular weight excluding hydrogens is 204 g/mol. The molecule has 0 spiro atoms. The van der Waals surface area contributed by atoms with Crippen LogP contribution in [-0.2, 0) is 0 Å². The molecule has 0 rings (SSSR count). The predicted octanol–water partition coefficient (Wildman–Crippen LogP) is 2.89. The molecule has 0 aromatic rings. The van der Waals surface area contributed by atoms with Gasteiger partial charge in [0.05, 0.1) is 0 Å². The van der Waals surface area contributed by atoms with Crippen molar-refractivity contribution in [2.75, 3.05) is 5.88 Å². The van der Waals surface area contributed by atoms with E-state index in [0.29, 0.717) is 0 Å². The van der Waals surface area contributed by atoms with Crippen molar-refractivity contribution in [3.05, 3.63) is 0 Å². The van der Waals surface area contributed by atoms with Crippen molar-refractivity contribution >= 4 is 24.9 Å². The molecule has 0 heterocycles. The van der Waals surface area contributed by atoms with Crippen LogP contribution < -0.4 is 0 Å². The van der Waals surface area contributed by atoms with E-state index in [1.807, 2.05) is 0 Å². The van der Waals surface area contributed by atoms with Gasteiger partial charge in [0.2, 0.25) is 0 Å². The summed E-state index contributed by atoms with van der Waals surface area (Å²) in [5.41, 5.74) is 0. The molecule has 0 saturated heterocycles. The normalized spacial score (nSPS) is 10.4. The van der Waals surface area contributed by atoms with E-state index in [9.17, 15) is 0 Å². The van der Waals surface area contributed by atoms with Crippen molar-refractivity contribution in [2.45, 2.75) is 30.1 Å². The van der Waals surface area contributed by atoms with E-state index < -0.39 is 13.3 Å². The summed E-state index contributed by atoms with van der Waals surface area (Å²) in [5, 5.41) is 0. The second kappa shape index (κ2) is 5.10. The van der Waals surface area contributed by atoms with Crippen LogP contribution in [0.3, 0.4) is 0 Å². The van der Waals surface area contributed by atoms with Gasteiger partial charge in [0.25, 0.3) is 0 Å². The molecule has 0 aromatic carbocycles. The van der Waals surface area contributed by atoms with Gasteiger partial charge in [0, 0.05) is 0 Å². The van der Waals surface area contributed by atoms with Crippen molar-refractivity contribution in [2.24, 2.45) is 0 Å². The Morgan fingerprint density at radius 1 is 1.30 bits per heavy atom. The molecule has 0 N–H and O–H groups in total. The summed E-state index contributed by atoms with van der Waals surface area (Å²) in [5.74, 6) is 10.8. The molecule has 58 valence electrons. The fraction of sp³-hybridized carbons (Fsp3) is 0.750. The fourth-order valence-corrected chi connectivity index (χ4v) is 1.99. The van der Waals surface area contributed by atoms with Crippen molar-refractivity contribution in [1.29, 1.82) is 0 Å². The molecule has 0 aliphatic heterocycles. The average molecular weight is 219 g/mol. The molecule has 0 amide bonds. The van der Waals surface area contributed by atoms with Crippen molar-refractivity contribution < 1.29 is 0 Å². The van der Waals surface area contributed by atoms with Gasteiger partial charge in [-0.1, -0.05) is 0 Å². The molecular formula is C8H15ClGe. The van der Waals surface area contributed by atoms with Gasteiger partial charge in [-0.05, 0) is 0 Å². The standard InChI is InChI=1S/C8H15ClGe/c1-10(2,3)8-6-4-5-7-9/h4-5,7H2,1-3H3. The molecule has 0 unspecified atom stereocenters. The summed E-state index contributed by atoms with van der Waals surface area (Å²) < 4.78 is 3.34. The summed E-state index contributed by atoms with van der Waals surface area (Å²) in [7, 11) is 0. The quantitative estimate of drug-likeness (QED) is 0.290. The minimum absolute atomic E-state index is 0.742. The van der Waals surface area contributed by atoms with Crippen LogP contribution in [0.1, 0.15) is 12.8 Å². The van der Waals surface area contributed by atoms with Crippen LogP contribution in [0.2, 0.25) is 17.3 Å². The molecule has 0 aliphatic carbocycles. The molecule has 0 fully saturated rings. The van der Waals surface area contributed by atoms with Crippen molar-refractivity contribution in [3.8, 4) is 10.7 Å². The topological polar surface area (TPSA) is 0 Å². The van der Waals surface area contributed by atoms with Gasteiger partial charge >= 0.3 is 71.5 Å². The Balaban J connectivity index is 3.50. The second-order valence-electron chi connectivity index (χ2n) is 3.34. The van der Waals surface area contributed by atoms with Crippen LogP contribution in [0.4, 0.5) is 0 Å². The van der Waals surface area contributed by atoms with E-state index in [0.717, 1.165) is 18.7 Å². The van der Waals surface area contributed by atoms with E-state index in [4.69, 9.17) is 11.6 Å². The number of hydrogen-bond donors (Lipinski definition) is 0. The molecule has 0 bridgehead atoms. The van der Waals surface area contributed by atoms with Crippen LogP contribution in [0, 0.1) is 10.7 Å². The summed E-state index contributed by atoms with van der Waals surface area (Å²) >= 11 is 3.95. The molecule has 0 radical (unpaired) electrons. The third-order valence-corrected chi connectivity index (χ3v) is 3.11. The zero-order valence-electron chi connectivity index (χ0n) is 7.00. The Hall–Kier alpha value is 0.393. The third kappa shape index (κ3) is 8.39. The minimum atomic E-state index is -1.55. The molecule has 2 heteroatoms. The van der Waals surface area contributed by atoms with E-state index in [1.165, 1.54) is 0 Å². The molecule has 0 atom stereocenters. The van der Waals surface area contributed by atoms with E-state index in [1.54, 1.807) is 0 Å². The Morgan fingerprint density at radius 3 is 2.30 bits per heavy atom.